The number of carbonyl (C=O) groups excluding carboxylic acids is 1. The molecule has 0 spiro atoms. The molecule has 0 fully saturated rings. The van der Waals surface area contributed by atoms with Crippen LogP contribution in [0.4, 0.5) is 5.82 Å². The summed E-state index contributed by atoms with van der Waals surface area (Å²) >= 11 is 0. The Bertz CT molecular complexity index is 1060. The van der Waals surface area contributed by atoms with Gasteiger partial charge in [0.05, 0.1) is 6.20 Å². The Balaban J connectivity index is 1.68. The SMILES string of the molecule is Cc1nc2c(C#N)cnn2c(C)c1CCC(=O)NCc1cccnc1N(C)C. The summed E-state index contributed by atoms with van der Waals surface area (Å²) < 4.78 is 1.66. The average Bonchev–Trinajstić information content (AvgIpc) is 3.09. The number of pyridine rings is 1. The van der Waals surface area contributed by atoms with Crippen LogP contribution in [-0.2, 0) is 17.8 Å². The zero-order valence-electron chi connectivity index (χ0n) is 16.5. The Kier molecular flexibility index (Phi) is 5.54. The Morgan fingerprint density at radius 2 is 2.14 bits per heavy atom. The minimum Gasteiger partial charge on any atom is -0.362 e. The van der Waals surface area contributed by atoms with Crippen LogP contribution < -0.4 is 10.2 Å². The van der Waals surface area contributed by atoms with E-state index in [4.69, 9.17) is 5.26 Å². The second-order valence-electron chi connectivity index (χ2n) is 6.82. The number of rotatable bonds is 6. The van der Waals surface area contributed by atoms with Crippen LogP contribution in [-0.4, -0.2) is 39.6 Å². The minimum atomic E-state index is -0.0364. The fraction of sp³-hybridized carbons (Fsp3) is 0.350. The van der Waals surface area contributed by atoms with Crippen molar-refractivity contribution >= 4 is 17.4 Å². The van der Waals surface area contributed by atoms with E-state index in [0.29, 0.717) is 30.6 Å². The van der Waals surface area contributed by atoms with Gasteiger partial charge in [-0.1, -0.05) is 6.07 Å². The van der Waals surface area contributed by atoms with Crippen molar-refractivity contribution in [1.29, 1.82) is 5.26 Å². The number of aromatic nitrogens is 4. The Hall–Kier alpha value is -3.47. The number of fused-ring (bicyclic) bond motifs is 1. The van der Waals surface area contributed by atoms with Gasteiger partial charge in [-0.25, -0.2) is 14.5 Å². The summed E-state index contributed by atoms with van der Waals surface area (Å²) in [5, 5.41) is 16.4. The third-order valence-corrected chi connectivity index (χ3v) is 4.70. The molecule has 28 heavy (non-hydrogen) atoms. The first-order chi connectivity index (χ1) is 13.4. The van der Waals surface area contributed by atoms with Gasteiger partial charge in [-0.05, 0) is 31.9 Å². The van der Waals surface area contributed by atoms with Gasteiger partial charge in [-0.15, -0.1) is 0 Å². The van der Waals surface area contributed by atoms with E-state index in [0.717, 1.165) is 28.3 Å². The minimum absolute atomic E-state index is 0.0364. The summed E-state index contributed by atoms with van der Waals surface area (Å²) in [6.45, 7) is 4.26. The van der Waals surface area contributed by atoms with Crippen LogP contribution in [0, 0.1) is 25.2 Å². The van der Waals surface area contributed by atoms with Gasteiger partial charge >= 0.3 is 0 Å². The monoisotopic (exact) mass is 377 g/mol. The number of nitrogens with zero attached hydrogens (tertiary/aromatic N) is 6. The summed E-state index contributed by atoms with van der Waals surface area (Å²) in [6, 6.07) is 5.92. The molecule has 3 aromatic heterocycles. The quantitative estimate of drug-likeness (QED) is 0.705. The fourth-order valence-electron chi connectivity index (χ4n) is 3.24. The maximum atomic E-state index is 12.4. The molecule has 0 aliphatic rings. The van der Waals surface area contributed by atoms with E-state index in [1.165, 1.54) is 6.20 Å². The van der Waals surface area contributed by atoms with E-state index >= 15 is 0 Å². The third kappa shape index (κ3) is 3.78. The first kappa shape index (κ1) is 19.3. The topological polar surface area (TPSA) is 99.2 Å². The highest BCUT2D eigenvalue weighted by molar-refractivity contribution is 5.76. The van der Waals surface area contributed by atoms with Crippen LogP contribution in [0.25, 0.3) is 5.65 Å². The van der Waals surface area contributed by atoms with Crippen molar-refractivity contribution in [1.82, 2.24) is 24.9 Å². The number of aryl methyl sites for hydroxylation is 2. The molecule has 0 aliphatic heterocycles. The molecular formula is C20H23N7O. The molecule has 0 bridgehead atoms. The predicted octanol–water partition coefficient (Wildman–Crippen LogP) is 1.93. The molecule has 3 heterocycles. The van der Waals surface area contributed by atoms with Gasteiger partial charge in [0.2, 0.25) is 5.91 Å². The van der Waals surface area contributed by atoms with Crippen molar-refractivity contribution < 1.29 is 4.79 Å². The van der Waals surface area contributed by atoms with Gasteiger partial charge < -0.3 is 10.2 Å². The molecule has 0 aliphatic carbocycles. The normalized spacial score (nSPS) is 10.7. The van der Waals surface area contributed by atoms with E-state index in [1.807, 2.05) is 45.0 Å². The van der Waals surface area contributed by atoms with Gasteiger partial charge in [0.25, 0.3) is 0 Å². The molecule has 0 saturated carbocycles. The molecule has 144 valence electrons. The van der Waals surface area contributed by atoms with E-state index in [1.54, 1.807) is 10.7 Å². The van der Waals surface area contributed by atoms with Gasteiger partial charge in [-0.3, -0.25) is 4.79 Å². The molecule has 3 aromatic rings. The van der Waals surface area contributed by atoms with Crippen molar-refractivity contribution in [3.63, 3.8) is 0 Å². The summed E-state index contributed by atoms with van der Waals surface area (Å²) in [6.07, 6.45) is 4.16. The molecule has 8 heteroatoms. The average molecular weight is 377 g/mol. The maximum absolute atomic E-state index is 12.4. The summed E-state index contributed by atoms with van der Waals surface area (Å²) in [5.74, 6) is 0.807. The summed E-state index contributed by atoms with van der Waals surface area (Å²) in [4.78, 5) is 23.1. The lowest BCUT2D eigenvalue weighted by Gasteiger charge is -2.16. The first-order valence-electron chi connectivity index (χ1n) is 9.04. The highest BCUT2D eigenvalue weighted by Gasteiger charge is 2.15. The Labute approximate surface area is 163 Å². The highest BCUT2D eigenvalue weighted by Crippen LogP contribution is 2.18. The predicted molar refractivity (Wildman–Crippen MR) is 106 cm³/mol. The lowest BCUT2D eigenvalue weighted by atomic mass is 10.1. The number of hydrogen-bond acceptors (Lipinski definition) is 6. The molecule has 0 unspecified atom stereocenters. The van der Waals surface area contributed by atoms with Gasteiger partial charge in [-0.2, -0.15) is 10.4 Å². The van der Waals surface area contributed by atoms with Crippen molar-refractivity contribution in [3.05, 3.63) is 52.6 Å². The number of hydrogen-bond donors (Lipinski definition) is 1. The van der Waals surface area contributed by atoms with Gasteiger partial charge in [0.15, 0.2) is 5.65 Å². The second kappa shape index (κ2) is 8.05. The third-order valence-electron chi connectivity index (χ3n) is 4.70. The first-order valence-corrected chi connectivity index (χ1v) is 9.04. The molecule has 8 nitrogen and oxygen atoms in total. The largest absolute Gasteiger partial charge is 0.362 e. The van der Waals surface area contributed by atoms with Crippen LogP contribution >= 0.6 is 0 Å². The van der Waals surface area contributed by atoms with Gasteiger partial charge in [0, 0.05) is 50.2 Å². The van der Waals surface area contributed by atoms with Crippen LogP contribution in [0.3, 0.4) is 0 Å². The maximum Gasteiger partial charge on any atom is 0.220 e. The number of amides is 1. The highest BCUT2D eigenvalue weighted by atomic mass is 16.1. The number of nitriles is 1. The summed E-state index contributed by atoms with van der Waals surface area (Å²) in [7, 11) is 3.85. The number of nitrogens with one attached hydrogen (secondary N) is 1. The van der Waals surface area contributed by atoms with E-state index in [9.17, 15) is 4.79 Å². The van der Waals surface area contributed by atoms with Crippen LogP contribution in [0.15, 0.2) is 24.5 Å². The lowest BCUT2D eigenvalue weighted by Crippen LogP contribution is -2.25. The summed E-state index contributed by atoms with van der Waals surface area (Å²) in [5.41, 5.74) is 4.67. The fourth-order valence-corrected chi connectivity index (χ4v) is 3.24. The molecule has 3 rings (SSSR count). The van der Waals surface area contributed by atoms with Crippen LogP contribution in [0.1, 0.15) is 34.5 Å². The van der Waals surface area contributed by atoms with Crippen molar-refractivity contribution in [3.8, 4) is 6.07 Å². The molecule has 1 amide bonds. The number of carbonyl (C=O) groups is 1. The van der Waals surface area contributed by atoms with Crippen LogP contribution in [0.2, 0.25) is 0 Å². The zero-order valence-corrected chi connectivity index (χ0v) is 16.5. The van der Waals surface area contributed by atoms with E-state index < -0.39 is 0 Å². The molecule has 1 N–H and O–H groups in total. The van der Waals surface area contributed by atoms with E-state index in [2.05, 4.69) is 26.5 Å². The van der Waals surface area contributed by atoms with Crippen molar-refractivity contribution in [2.75, 3.05) is 19.0 Å². The smallest absolute Gasteiger partial charge is 0.220 e. The molecular weight excluding hydrogens is 354 g/mol. The Morgan fingerprint density at radius 1 is 1.36 bits per heavy atom. The van der Waals surface area contributed by atoms with Crippen LogP contribution in [0.5, 0.6) is 0 Å². The molecule has 0 radical (unpaired) electrons. The van der Waals surface area contributed by atoms with Crippen molar-refractivity contribution in [2.24, 2.45) is 0 Å². The number of anilines is 1. The molecule has 0 aromatic carbocycles. The molecule has 0 atom stereocenters. The van der Waals surface area contributed by atoms with E-state index in [-0.39, 0.29) is 5.91 Å². The lowest BCUT2D eigenvalue weighted by molar-refractivity contribution is -0.121. The van der Waals surface area contributed by atoms with Gasteiger partial charge in [0.1, 0.15) is 17.5 Å². The molecule has 0 saturated heterocycles. The standard InChI is InChI=1S/C20H23N7O/c1-13-17(14(2)27-20(25-13)16(10-21)12-24-27)7-8-18(28)23-11-15-6-5-9-22-19(15)26(3)4/h5-6,9,12H,7-8,11H2,1-4H3,(H,23,28). The Morgan fingerprint density at radius 3 is 2.86 bits per heavy atom. The van der Waals surface area contributed by atoms with Crippen molar-refractivity contribution in [2.45, 2.75) is 33.2 Å². The second-order valence-corrected chi connectivity index (χ2v) is 6.82. The zero-order chi connectivity index (χ0) is 20.3.